The zero-order chi connectivity index (χ0) is 11.3. The second-order valence-electron chi connectivity index (χ2n) is 3.33. The lowest BCUT2D eigenvalue weighted by atomic mass is 10.2. The molecule has 1 atom stereocenters. The highest BCUT2D eigenvalue weighted by Crippen LogP contribution is 2.13. The number of carbonyl (C=O) groups excluding carboxylic acids is 1. The Kier molecular flexibility index (Phi) is 4.28. The summed E-state index contributed by atoms with van der Waals surface area (Å²) in [7, 11) is 0. The van der Waals surface area contributed by atoms with Gasteiger partial charge in [0.15, 0.2) is 0 Å². The van der Waals surface area contributed by atoms with Gasteiger partial charge in [-0.3, -0.25) is 4.79 Å². The molecule has 1 amide bonds. The summed E-state index contributed by atoms with van der Waals surface area (Å²) in [4.78, 5) is 11.9. The molecule has 0 radical (unpaired) electrons. The smallest absolute Gasteiger partial charge is 0.249 e. The molecule has 15 heavy (non-hydrogen) atoms. The summed E-state index contributed by atoms with van der Waals surface area (Å²) in [6.07, 6.45) is 0. The van der Waals surface area contributed by atoms with Crippen LogP contribution in [0.5, 0.6) is 0 Å². The van der Waals surface area contributed by atoms with Crippen LogP contribution in [0.1, 0.15) is 22.2 Å². The monoisotopic (exact) mass is 223 g/mol. The van der Waals surface area contributed by atoms with Crippen LogP contribution in [0.4, 0.5) is 0 Å². The Balaban J connectivity index is 2.39. The fourth-order valence-corrected chi connectivity index (χ4v) is 1.90. The van der Waals surface area contributed by atoms with Crippen LogP contribution in [0.25, 0.3) is 0 Å². The largest absolute Gasteiger partial charge is 0.366 e. The molecule has 1 aromatic rings. The average molecular weight is 223 g/mol. The Morgan fingerprint density at radius 2 is 2.53 bits per heavy atom. The van der Waals surface area contributed by atoms with Crippen LogP contribution in [0.3, 0.4) is 0 Å². The topological polar surface area (TPSA) is 78.9 Å². The van der Waals surface area contributed by atoms with Crippen LogP contribution < -0.4 is 11.1 Å². The van der Waals surface area contributed by atoms with Gasteiger partial charge in [-0.2, -0.15) is 5.26 Å². The van der Waals surface area contributed by atoms with E-state index < -0.39 is 5.91 Å². The molecule has 5 heteroatoms. The van der Waals surface area contributed by atoms with E-state index in [0.717, 1.165) is 4.88 Å². The molecule has 0 fully saturated rings. The van der Waals surface area contributed by atoms with Gasteiger partial charge in [0.2, 0.25) is 5.91 Å². The molecule has 1 aromatic heterocycles. The molecule has 1 heterocycles. The van der Waals surface area contributed by atoms with E-state index in [2.05, 4.69) is 11.4 Å². The fraction of sp³-hybridized carbons (Fsp3) is 0.400. The molecule has 0 saturated heterocycles. The van der Waals surface area contributed by atoms with E-state index in [1.165, 1.54) is 11.3 Å². The first-order valence-electron chi connectivity index (χ1n) is 4.61. The molecular formula is C10H13N3OS. The molecule has 0 aliphatic rings. The van der Waals surface area contributed by atoms with Crippen molar-refractivity contribution in [1.29, 1.82) is 5.26 Å². The minimum atomic E-state index is -0.400. The Labute approximate surface area is 92.7 Å². The minimum Gasteiger partial charge on any atom is -0.366 e. The van der Waals surface area contributed by atoms with Crippen LogP contribution in [0.2, 0.25) is 0 Å². The Bertz CT molecular complexity index is 380. The summed E-state index contributed by atoms with van der Waals surface area (Å²) in [6.45, 7) is 3.18. The Morgan fingerprint density at radius 3 is 3.07 bits per heavy atom. The summed E-state index contributed by atoms with van der Waals surface area (Å²) in [5.41, 5.74) is 5.68. The van der Waals surface area contributed by atoms with Gasteiger partial charge >= 0.3 is 0 Å². The number of nitriles is 1. The number of amides is 1. The zero-order valence-electron chi connectivity index (χ0n) is 8.49. The number of hydrogen-bond donors (Lipinski definition) is 2. The summed E-state index contributed by atoms with van der Waals surface area (Å²) < 4.78 is 0. The Hall–Kier alpha value is -1.38. The molecule has 0 aliphatic heterocycles. The number of rotatable bonds is 5. The van der Waals surface area contributed by atoms with Crippen molar-refractivity contribution in [3.8, 4) is 6.07 Å². The molecule has 80 valence electrons. The minimum absolute atomic E-state index is 0.000531. The van der Waals surface area contributed by atoms with Gasteiger partial charge in [0.05, 0.1) is 17.6 Å². The van der Waals surface area contributed by atoms with Crippen LogP contribution in [0, 0.1) is 17.2 Å². The van der Waals surface area contributed by atoms with Crippen LogP contribution in [-0.2, 0) is 6.54 Å². The second-order valence-corrected chi connectivity index (χ2v) is 4.32. The standard InChI is InChI=1S/C10H13N3OS/c1-7(3-11)4-13-5-9-2-8(6-15-9)10(12)14/h2,6-7,13H,4-5H2,1H3,(H2,12,14). The van der Waals surface area contributed by atoms with E-state index in [1.54, 1.807) is 11.4 Å². The van der Waals surface area contributed by atoms with Gasteiger partial charge in [-0.25, -0.2) is 0 Å². The molecule has 0 aliphatic carbocycles. The number of thiophene rings is 1. The normalized spacial score (nSPS) is 12.0. The number of hydrogen-bond acceptors (Lipinski definition) is 4. The first-order valence-corrected chi connectivity index (χ1v) is 5.49. The van der Waals surface area contributed by atoms with E-state index in [1.807, 2.05) is 6.92 Å². The van der Waals surface area contributed by atoms with Gasteiger partial charge in [-0.15, -0.1) is 11.3 Å². The van der Waals surface area contributed by atoms with Crippen molar-refractivity contribution >= 4 is 17.2 Å². The quantitative estimate of drug-likeness (QED) is 0.784. The molecule has 0 saturated carbocycles. The highest BCUT2D eigenvalue weighted by atomic mass is 32.1. The van der Waals surface area contributed by atoms with Crippen LogP contribution in [-0.4, -0.2) is 12.5 Å². The van der Waals surface area contributed by atoms with Gasteiger partial charge in [0.25, 0.3) is 0 Å². The molecule has 0 spiro atoms. The third-order valence-electron chi connectivity index (χ3n) is 1.91. The lowest BCUT2D eigenvalue weighted by molar-refractivity contribution is 0.100. The summed E-state index contributed by atoms with van der Waals surface area (Å²) in [5.74, 6) is -0.400. The van der Waals surface area contributed by atoms with Gasteiger partial charge in [0.1, 0.15) is 0 Å². The predicted molar refractivity (Wildman–Crippen MR) is 59.3 cm³/mol. The van der Waals surface area contributed by atoms with Gasteiger partial charge in [0, 0.05) is 23.3 Å². The van der Waals surface area contributed by atoms with Crippen LogP contribution in [0.15, 0.2) is 11.4 Å². The maximum atomic E-state index is 10.8. The molecule has 0 bridgehead atoms. The number of nitrogens with one attached hydrogen (secondary N) is 1. The number of carbonyl (C=O) groups is 1. The van der Waals surface area contributed by atoms with Crippen molar-refractivity contribution in [3.05, 3.63) is 21.9 Å². The van der Waals surface area contributed by atoms with Crippen molar-refractivity contribution in [2.45, 2.75) is 13.5 Å². The molecule has 4 nitrogen and oxygen atoms in total. The average Bonchev–Trinajstić information content (AvgIpc) is 2.66. The van der Waals surface area contributed by atoms with Gasteiger partial charge in [-0.1, -0.05) is 0 Å². The molecule has 1 unspecified atom stereocenters. The maximum Gasteiger partial charge on any atom is 0.249 e. The van der Waals surface area contributed by atoms with E-state index in [9.17, 15) is 4.79 Å². The summed E-state index contributed by atoms with van der Waals surface area (Å²) in [5, 5.41) is 13.4. The van der Waals surface area contributed by atoms with Gasteiger partial charge < -0.3 is 11.1 Å². The van der Waals surface area contributed by atoms with Crippen molar-refractivity contribution in [2.24, 2.45) is 11.7 Å². The summed E-state index contributed by atoms with van der Waals surface area (Å²) >= 11 is 1.49. The highest BCUT2D eigenvalue weighted by molar-refractivity contribution is 7.10. The number of nitrogens with zero attached hydrogens (tertiary/aromatic N) is 1. The summed E-state index contributed by atoms with van der Waals surface area (Å²) in [6, 6.07) is 3.92. The maximum absolute atomic E-state index is 10.8. The molecular weight excluding hydrogens is 210 g/mol. The van der Waals surface area contributed by atoms with E-state index in [-0.39, 0.29) is 5.92 Å². The van der Waals surface area contributed by atoms with Crippen molar-refractivity contribution in [1.82, 2.24) is 5.32 Å². The number of primary amides is 1. The lowest BCUT2D eigenvalue weighted by Gasteiger charge is -2.03. The number of nitrogens with two attached hydrogens (primary N) is 1. The van der Waals surface area contributed by atoms with Gasteiger partial charge in [-0.05, 0) is 13.0 Å². The van der Waals surface area contributed by atoms with Crippen molar-refractivity contribution < 1.29 is 4.79 Å². The van der Waals surface area contributed by atoms with E-state index in [4.69, 9.17) is 11.0 Å². The van der Waals surface area contributed by atoms with E-state index >= 15 is 0 Å². The first kappa shape index (κ1) is 11.7. The molecule has 1 rings (SSSR count). The van der Waals surface area contributed by atoms with E-state index in [0.29, 0.717) is 18.7 Å². The second kappa shape index (κ2) is 5.49. The fourth-order valence-electron chi connectivity index (χ4n) is 1.06. The van der Waals surface area contributed by atoms with Crippen molar-refractivity contribution in [3.63, 3.8) is 0 Å². The third-order valence-corrected chi connectivity index (χ3v) is 2.85. The van der Waals surface area contributed by atoms with Crippen molar-refractivity contribution in [2.75, 3.05) is 6.54 Å². The third kappa shape index (κ3) is 3.70. The first-order chi connectivity index (χ1) is 7.13. The SMILES string of the molecule is CC(C#N)CNCc1cc(C(N)=O)cs1. The molecule has 3 N–H and O–H groups in total. The van der Waals surface area contributed by atoms with Crippen LogP contribution >= 0.6 is 11.3 Å². The molecule has 0 aromatic carbocycles. The zero-order valence-corrected chi connectivity index (χ0v) is 9.30. The Morgan fingerprint density at radius 1 is 1.80 bits per heavy atom. The highest BCUT2D eigenvalue weighted by Gasteiger charge is 2.04. The predicted octanol–water partition coefficient (Wildman–Crippen LogP) is 1.10. The lowest BCUT2D eigenvalue weighted by Crippen LogP contribution is -2.19.